The molecule has 1 rings (SSSR count). The van der Waals surface area contributed by atoms with Crippen LogP contribution in [-0.2, 0) is 4.79 Å². The van der Waals surface area contributed by atoms with Crippen molar-refractivity contribution in [2.75, 3.05) is 5.32 Å². The van der Waals surface area contributed by atoms with E-state index in [9.17, 15) is 4.79 Å². The third kappa shape index (κ3) is 3.68. The summed E-state index contributed by atoms with van der Waals surface area (Å²) in [7, 11) is 0. The molecule has 1 amide bonds. The lowest BCUT2D eigenvalue weighted by molar-refractivity contribution is -0.119. The molecule has 0 bridgehead atoms. The average molecular weight is 256 g/mol. The molecule has 4 nitrogen and oxygen atoms in total. The first kappa shape index (κ1) is 13.9. The number of nitrogens with one attached hydrogen (secondary N) is 1. The molecule has 0 aromatic carbocycles. The van der Waals surface area contributed by atoms with Gasteiger partial charge < -0.3 is 11.1 Å². The fourth-order valence-corrected chi connectivity index (χ4v) is 1.34. The van der Waals surface area contributed by atoms with Gasteiger partial charge >= 0.3 is 0 Å². The van der Waals surface area contributed by atoms with Crippen molar-refractivity contribution in [1.82, 2.24) is 4.98 Å². The third-order valence-electron chi connectivity index (χ3n) is 2.50. The topological polar surface area (TPSA) is 68.0 Å². The number of nitrogens with zero attached hydrogens (tertiary/aromatic N) is 1. The van der Waals surface area contributed by atoms with Crippen molar-refractivity contribution in [3.05, 3.63) is 23.0 Å². The Morgan fingerprint density at radius 1 is 1.53 bits per heavy atom. The van der Waals surface area contributed by atoms with Crippen molar-refractivity contribution < 1.29 is 4.79 Å². The molecular formula is C12H18ClN3O. The number of aryl methyl sites for hydroxylation is 1. The van der Waals surface area contributed by atoms with E-state index >= 15 is 0 Å². The zero-order valence-corrected chi connectivity index (χ0v) is 11.3. The van der Waals surface area contributed by atoms with Gasteiger partial charge in [0.25, 0.3) is 0 Å². The predicted octanol–water partition coefficient (Wildman–Crippen LogP) is 2.36. The Labute approximate surface area is 107 Å². The molecule has 1 aromatic rings. The molecule has 0 aliphatic carbocycles. The first-order valence-corrected chi connectivity index (χ1v) is 5.78. The van der Waals surface area contributed by atoms with E-state index in [-0.39, 0.29) is 11.3 Å². The quantitative estimate of drug-likeness (QED) is 0.797. The van der Waals surface area contributed by atoms with Crippen molar-refractivity contribution >= 4 is 23.2 Å². The summed E-state index contributed by atoms with van der Waals surface area (Å²) in [4.78, 5) is 15.8. The number of aromatic nitrogens is 1. The smallest absolute Gasteiger partial charge is 0.241 e. The van der Waals surface area contributed by atoms with E-state index in [0.717, 1.165) is 5.56 Å². The van der Waals surface area contributed by atoms with E-state index < -0.39 is 6.04 Å². The van der Waals surface area contributed by atoms with Gasteiger partial charge in [0.2, 0.25) is 5.91 Å². The lowest BCUT2D eigenvalue weighted by Crippen LogP contribution is -2.45. The number of halogens is 1. The Balaban J connectivity index is 2.78. The van der Waals surface area contributed by atoms with Gasteiger partial charge in [-0.05, 0) is 24.0 Å². The van der Waals surface area contributed by atoms with E-state index in [1.165, 1.54) is 6.20 Å². The molecule has 1 aromatic heterocycles. The molecule has 0 fully saturated rings. The maximum atomic E-state index is 11.9. The molecule has 0 unspecified atom stereocenters. The average Bonchev–Trinajstić information content (AvgIpc) is 2.21. The van der Waals surface area contributed by atoms with Crippen molar-refractivity contribution in [3.8, 4) is 0 Å². The van der Waals surface area contributed by atoms with Gasteiger partial charge in [-0.25, -0.2) is 4.98 Å². The van der Waals surface area contributed by atoms with E-state index in [4.69, 9.17) is 17.3 Å². The zero-order chi connectivity index (χ0) is 13.2. The van der Waals surface area contributed by atoms with Crippen LogP contribution in [0.1, 0.15) is 26.3 Å². The molecule has 0 spiro atoms. The van der Waals surface area contributed by atoms with Crippen LogP contribution in [-0.4, -0.2) is 16.9 Å². The normalized spacial score (nSPS) is 13.3. The lowest BCUT2D eigenvalue weighted by atomic mass is 9.87. The van der Waals surface area contributed by atoms with Gasteiger partial charge in [0, 0.05) is 0 Å². The summed E-state index contributed by atoms with van der Waals surface area (Å²) < 4.78 is 0. The van der Waals surface area contributed by atoms with Gasteiger partial charge in [-0.3, -0.25) is 4.79 Å². The molecule has 0 saturated carbocycles. The molecule has 0 saturated heterocycles. The molecule has 94 valence electrons. The van der Waals surface area contributed by atoms with Gasteiger partial charge in [-0.1, -0.05) is 32.4 Å². The van der Waals surface area contributed by atoms with E-state index in [2.05, 4.69) is 10.3 Å². The van der Waals surface area contributed by atoms with E-state index in [1.54, 1.807) is 6.07 Å². The number of carbonyl (C=O) groups is 1. The maximum Gasteiger partial charge on any atom is 0.241 e. The Bertz CT molecular complexity index is 426. The van der Waals surface area contributed by atoms with Gasteiger partial charge in [0.1, 0.15) is 5.15 Å². The number of hydrogen-bond donors (Lipinski definition) is 2. The highest BCUT2D eigenvalue weighted by Gasteiger charge is 2.27. The van der Waals surface area contributed by atoms with Gasteiger partial charge in [-0.15, -0.1) is 0 Å². The van der Waals surface area contributed by atoms with Crippen molar-refractivity contribution in [2.45, 2.75) is 33.7 Å². The highest BCUT2D eigenvalue weighted by atomic mass is 35.5. The Morgan fingerprint density at radius 3 is 2.59 bits per heavy atom. The minimum atomic E-state index is -0.571. The first-order chi connectivity index (χ1) is 7.71. The van der Waals surface area contributed by atoms with Gasteiger partial charge in [-0.2, -0.15) is 0 Å². The molecular weight excluding hydrogens is 238 g/mol. The van der Waals surface area contributed by atoms with Crippen LogP contribution in [0.4, 0.5) is 5.69 Å². The van der Waals surface area contributed by atoms with Crippen LogP contribution in [0.2, 0.25) is 5.15 Å². The third-order valence-corrected chi connectivity index (χ3v) is 2.89. The standard InChI is InChI=1S/C12H18ClN3O/c1-7-5-8(6-15-10(7)13)16-11(17)9(14)12(2,3)4/h5-6,9H,14H2,1-4H3,(H,16,17)/t9-/m0/s1. The molecule has 0 aliphatic heterocycles. The second kappa shape index (κ2) is 5.02. The summed E-state index contributed by atoms with van der Waals surface area (Å²) in [5, 5.41) is 3.16. The molecule has 3 N–H and O–H groups in total. The molecule has 0 radical (unpaired) electrons. The summed E-state index contributed by atoms with van der Waals surface area (Å²) >= 11 is 5.80. The highest BCUT2D eigenvalue weighted by Crippen LogP contribution is 2.20. The highest BCUT2D eigenvalue weighted by molar-refractivity contribution is 6.30. The number of anilines is 1. The molecule has 5 heteroatoms. The van der Waals surface area contributed by atoms with Gasteiger partial charge in [0.05, 0.1) is 17.9 Å². The maximum absolute atomic E-state index is 11.9. The lowest BCUT2D eigenvalue weighted by Gasteiger charge is -2.25. The van der Waals surface area contributed by atoms with Crippen molar-refractivity contribution in [2.24, 2.45) is 11.1 Å². The van der Waals surface area contributed by atoms with Crippen LogP contribution < -0.4 is 11.1 Å². The second-order valence-corrected chi connectivity index (χ2v) is 5.52. The van der Waals surface area contributed by atoms with Crippen molar-refractivity contribution in [1.29, 1.82) is 0 Å². The number of hydrogen-bond acceptors (Lipinski definition) is 3. The number of rotatable bonds is 2. The largest absolute Gasteiger partial charge is 0.323 e. The Hall–Kier alpha value is -1.13. The summed E-state index contributed by atoms with van der Waals surface area (Å²) in [6.45, 7) is 7.59. The Kier molecular flexibility index (Phi) is 4.11. The van der Waals surface area contributed by atoms with Crippen LogP contribution in [0.3, 0.4) is 0 Å². The van der Waals surface area contributed by atoms with Gasteiger partial charge in [0.15, 0.2) is 0 Å². The van der Waals surface area contributed by atoms with Crippen LogP contribution in [0.5, 0.6) is 0 Å². The van der Waals surface area contributed by atoms with Crippen molar-refractivity contribution in [3.63, 3.8) is 0 Å². The number of carbonyl (C=O) groups excluding carboxylic acids is 1. The van der Waals surface area contributed by atoms with Crippen LogP contribution in [0, 0.1) is 12.3 Å². The summed E-state index contributed by atoms with van der Waals surface area (Å²) in [5.41, 5.74) is 6.99. The number of amides is 1. The van der Waals surface area contributed by atoms with Crippen LogP contribution in [0.25, 0.3) is 0 Å². The predicted molar refractivity (Wildman–Crippen MR) is 70.0 cm³/mol. The fourth-order valence-electron chi connectivity index (χ4n) is 1.24. The van der Waals surface area contributed by atoms with Crippen LogP contribution >= 0.6 is 11.6 Å². The number of pyridine rings is 1. The molecule has 1 atom stereocenters. The summed E-state index contributed by atoms with van der Waals surface area (Å²) in [6.07, 6.45) is 1.52. The summed E-state index contributed by atoms with van der Waals surface area (Å²) in [6, 6.07) is 1.20. The summed E-state index contributed by atoms with van der Waals surface area (Å²) in [5.74, 6) is -0.221. The van der Waals surface area contributed by atoms with E-state index in [0.29, 0.717) is 10.8 Å². The minimum Gasteiger partial charge on any atom is -0.323 e. The van der Waals surface area contributed by atoms with E-state index in [1.807, 2.05) is 27.7 Å². The molecule has 0 aliphatic rings. The second-order valence-electron chi connectivity index (χ2n) is 5.16. The van der Waals surface area contributed by atoms with Crippen LogP contribution in [0.15, 0.2) is 12.3 Å². The minimum absolute atomic E-state index is 0.221. The SMILES string of the molecule is Cc1cc(NC(=O)[C@H](N)C(C)(C)C)cnc1Cl. The zero-order valence-electron chi connectivity index (χ0n) is 10.5. The molecule has 17 heavy (non-hydrogen) atoms. The fraction of sp³-hybridized carbons (Fsp3) is 0.500. The first-order valence-electron chi connectivity index (χ1n) is 5.40. The number of nitrogens with two attached hydrogens (primary N) is 1. The molecule has 1 heterocycles. The monoisotopic (exact) mass is 255 g/mol. The Morgan fingerprint density at radius 2 is 2.12 bits per heavy atom.